The molecule has 0 saturated carbocycles. The summed E-state index contributed by atoms with van der Waals surface area (Å²) in [7, 11) is 0. The van der Waals surface area contributed by atoms with Gasteiger partial charge in [0.2, 0.25) is 5.91 Å². The van der Waals surface area contributed by atoms with Crippen molar-refractivity contribution >= 4 is 23.3 Å². The van der Waals surface area contributed by atoms with E-state index in [9.17, 15) is 9.59 Å². The Hall–Kier alpha value is -2.82. The number of aryl methyl sites for hydroxylation is 4. The Morgan fingerprint density at radius 1 is 1.00 bits per heavy atom. The molecule has 1 fully saturated rings. The van der Waals surface area contributed by atoms with E-state index in [1.165, 1.54) is 5.56 Å². The number of rotatable bonds is 3. The van der Waals surface area contributed by atoms with Gasteiger partial charge in [-0.05, 0) is 62.6 Å². The second-order valence-corrected chi connectivity index (χ2v) is 7.09. The Labute approximate surface area is 154 Å². The van der Waals surface area contributed by atoms with Crippen molar-refractivity contribution in [3.05, 3.63) is 58.7 Å². The zero-order valence-corrected chi connectivity index (χ0v) is 15.7. The van der Waals surface area contributed by atoms with Gasteiger partial charge < -0.3 is 15.5 Å². The van der Waals surface area contributed by atoms with E-state index in [0.29, 0.717) is 13.0 Å². The topological polar surface area (TPSA) is 61.4 Å². The van der Waals surface area contributed by atoms with Crippen LogP contribution < -0.4 is 15.5 Å². The van der Waals surface area contributed by atoms with Gasteiger partial charge in [-0.15, -0.1) is 0 Å². The van der Waals surface area contributed by atoms with E-state index in [2.05, 4.69) is 10.6 Å². The van der Waals surface area contributed by atoms with Crippen LogP contribution in [0.4, 0.5) is 16.2 Å². The number of anilines is 2. The Balaban J connectivity index is 1.63. The van der Waals surface area contributed by atoms with Crippen molar-refractivity contribution in [1.82, 2.24) is 5.32 Å². The normalized spacial score (nSPS) is 16.7. The fourth-order valence-corrected chi connectivity index (χ4v) is 3.24. The number of carbonyl (C=O) groups excluding carboxylic acids is 2. The number of urea groups is 1. The third-order valence-corrected chi connectivity index (χ3v) is 4.89. The quantitative estimate of drug-likeness (QED) is 0.882. The van der Waals surface area contributed by atoms with Crippen LogP contribution in [-0.4, -0.2) is 24.5 Å². The zero-order chi connectivity index (χ0) is 18.8. The lowest BCUT2D eigenvalue weighted by atomic mass is 10.1. The van der Waals surface area contributed by atoms with Crippen LogP contribution in [0.15, 0.2) is 36.4 Å². The van der Waals surface area contributed by atoms with Gasteiger partial charge in [-0.2, -0.15) is 0 Å². The Morgan fingerprint density at radius 3 is 2.46 bits per heavy atom. The standard InChI is InChI=1S/C21H25N3O2/c1-13-5-8-19(16(4)9-13)23-21(26)22-17-11-20(25)24(12-17)18-7-6-14(2)15(3)10-18/h5-10,17H,11-12H2,1-4H3,(H2,22,23,26)/t17-/m0/s1. The van der Waals surface area contributed by atoms with E-state index in [1.54, 1.807) is 4.90 Å². The van der Waals surface area contributed by atoms with Crippen LogP contribution in [0.25, 0.3) is 0 Å². The van der Waals surface area contributed by atoms with Crippen LogP contribution in [0.5, 0.6) is 0 Å². The van der Waals surface area contributed by atoms with E-state index < -0.39 is 0 Å². The number of amides is 3. The minimum absolute atomic E-state index is 0.0325. The van der Waals surface area contributed by atoms with Crippen molar-refractivity contribution in [3.8, 4) is 0 Å². The first-order chi connectivity index (χ1) is 12.3. The van der Waals surface area contributed by atoms with Crippen molar-refractivity contribution < 1.29 is 9.59 Å². The predicted molar refractivity (Wildman–Crippen MR) is 105 cm³/mol. The summed E-state index contributed by atoms with van der Waals surface area (Å²) in [5, 5.41) is 5.78. The smallest absolute Gasteiger partial charge is 0.319 e. The molecule has 136 valence electrons. The molecule has 0 bridgehead atoms. The highest BCUT2D eigenvalue weighted by atomic mass is 16.2. The Bertz CT molecular complexity index is 860. The fourth-order valence-electron chi connectivity index (χ4n) is 3.24. The number of nitrogens with zero attached hydrogens (tertiary/aromatic N) is 1. The van der Waals surface area contributed by atoms with Crippen molar-refractivity contribution in [1.29, 1.82) is 0 Å². The maximum atomic E-state index is 12.4. The van der Waals surface area contributed by atoms with Gasteiger partial charge in [-0.3, -0.25) is 4.79 Å². The molecule has 26 heavy (non-hydrogen) atoms. The van der Waals surface area contributed by atoms with Crippen LogP contribution in [0, 0.1) is 27.7 Å². The van der Waals surface area contributed by atoms with Crippen LogP contribution in [0.2, 0.25) is 0 Å². The van der Waals surface area contributed by atoms with Crippen molar-refractivity contribution in [2.75, 3.05) is 16.8 Å². The molecule has 3 rings (SSSR count). The molecule has 5 nitrogen and oxygen atoms in total. The first-order valence-electron chi connectivity index (χ1n) is 8.86. The molecular weight excluding hydrogens is 326 g/mol. The fraction of sp³-hybridized carbons (Fsp3) is 0.333. The van der Waals surface area contributed by atoms with Gasteiger partial charge in [0.1, 0.15) is 0 Å². The van der Waals surface area contributed by atoms with Crippen LogP contribution in [0.1, 0.15) is 28.7 Å². The molecule has 1 aliphatic heterocycles. The summed E-state index contributed by atoms with van der Waals surface area (Å²) in [5.41, 5.74) is 6.18. The van der Waals surface area contributed by atoms with E-state index in [4.69, 9.17) is 0 Å². The zero-order valence-electron chi connectivity index (χ0n) is 15.7. The molecule has 0 spiro atoms. The van der Waals surface area contributed by atoms with Gasteiger partial charge in [-0.1, -0.05) is 23.8 Å². The van der Waals surface area contributed by atoms with E-state index in [1.807, 2.05) is 64.1 Å². The van der Waals surface area contributed by atoms with Crippen molar-refractivity contribution in [3.63, 3.8) is 0 Å². The molecule has 0 unspecified atom stereocenters. The lowest BCUT2D eigenvalue weighted by molar-refractivity contribution is -0.117. The summed E-state index contributed by atoms with van der Waals surface area (Å²) >= 11 is 0. The van der Waals surface area contributed by atoms with Crippen LogP contribution in [-0.2, 0) is 4.79 Å². The first kappa shape index (κ1) is 18.0. The van der Waals surface area contributed by atoms with Gasteiger partial charge >= 0.3 is 6.03 Å². The largest absolute Gasteiger partial charge is 0.333 e. The third kappa shape index (κ3) is 3.87. The summed E-state index contributed by atoms with van der Waals surface area (Å²) in [6.07, 6.45) is 0.313. The average molecular weight is 351 g/mol. The summed E-state index contributed by atoms with van der Waals surface area (Å²) in [4.78, 5) is 26.4. The maximum Gasteiger partial charge on any atom is 0.319 e. The second-order valence-electron chi connectivity index (χ2n) is 7.09. The van der Waals surface area contributed by atoms with E-state index in [-0.39, 0.29) is 18.0 Å². The van der Waals surface area contributed by atoms with Crippen LogP contribution >= 0.6 is 0 Å². The van der Waals surface area contributed by atoms with Gasteiger partial charge in [0.25, 0.3) is 0 Å². The Morgan fingerprint density at radius 2 is 1.77 bits per heavy atom. The molecule has 0 aromatic heterocycles. The molecule has 1 saturated heterocycles. The molecule has 1 heterocycles. The molecule has 1 atom stereocenters. The SMILES string of the molecule is Cc1ccc(NC(=O)N[C@H]2CC(=O)N(c3ccc(C)c(C)c3)C2)c(C)c1. The predicted octanol–water partition coefficient (Wildman–Crippen LogP) is 3.85. The molecule has 5 heteroatoms. The average Bonchev–Trinajstić information content (AvgIpc) is 2.93. The number of hydrogen-bond acceptors (Lipinski definition) is 2. The van der Waals surface area contributed by atoms with E-state index in [0.717, 1.165) is 28.1 Å². The van der Waals surface area contributed by atoms with Crippen molar-refractivity contribution in [2.24, 2.45) is 0 Å². The van der Waals surface area contributed by atoms with Gasteiger partial charge in [0, 0.05) is 24.3 Å². The van der Waals surface area contributed by atoms with E-state index >= 15 is 0 Å². The molecule has 2 N–H and O–H groups in total. The molecule has 3 amide bonds. The van der Waals surface area contributed by atoms with Gasteiger partial charge in [-0.25, -0.2) is 4.79 Å². The Kier molecular flexibility index (Phi) is 4.98. The third-order valence-electron chi connectivity index (χ3n) is 4.89. The van der Waals surface area contributed by atoms with Gasteiger partial charge in [0.05, 0.1) is 6.04 Å². The highest BCUT2D eigenvalue weighted by Gasteiger charge is 2.31. The summed E-state index contributed by atoms with van der Waals surface area (Å²) in [5.74, 6) is 0.0325. The summed E-state index contributed by atoms with van der Waals surface area (Å²) in [6.45, 7) is 8.55. The number of carbonyl (C=O) groups is 2. The molecular formula is C21H25N3O2. The minimum atomic E-state index is -0.281. The van der Waals surface area contributed by atoms with Crippen LogP contribution in [0.3, 0.4) is 0 Å². The molecule has 1 aliphatic rings. The first-order valence-corrected chi connectivity index (χ1v) is 8.86. The van der Waals surface area contributed by atoms with Crippen molar-refractivity contribution in [2.45, 2.75) is 40.2 Å². The summed E-state index contributed by atoms with van der Waals surface area (Å²) < 4.78 is 0. The minimum Gasteiger partial charge on any atom is -0.333 e. The lowest BCUT2D eigenvalue weighted by Gasteiger charge is -2.19. The number of hydrogen-bond donors (Lipinski definition) is 2. The highest BCUT2D eigenvalue weighted by Crippen LogP contribution is 2.24. The molecule has 2 aromatic rings. The number of nitrogens with one attached hydrogen (secondary N) is 2. The summed E-state index contributed by atoms with van der Waals surface area (Å²) in [6, 6.07) is 11.4. The number of benzene rings is 2. The maximum absolute atomic E-state index is 12.4. The molecule has 2 aromatic carbocycles. The highest BCUT2D eigenvalue weighted by molar-refractivity contribution is 5.97. The molecule has 0 radical (unpaired) electrons. The van der Waals surface area contributed by atoms with Gasteiger partial charge in [0.15, 0.2) is 0 Å². The molecule has 0 aliphatic carbocycles. The lowest BCUT2D eigenvalue weighted by Crippen LogP contribution is -2.39. The monoisotopic (exact) mass is 351 g/mol. The second kappa shape index (κ2) is 7.20.